The smallest absolute Gasteiger partial charge is 0.338 e. The Hall–Kier alpha value is -3.55. The number of esters is 1. The molecule has 0 aliphatic heterocycles. The van der Waals surface area contributed by atoms with Crippen molar-refractivity contribution in [1.29, 1.82) is 0 Å². The maximum Gasteiger partial charge on any atom is 0.338 e. The Kier molecular flexibility index (Phi) is 7.70. The third-order valence-corrected chi connectivity index (χ3v) is 4.80. The van der Waals surface area contributed by atoms with Crippen molar-refractivity contribution in [3.63, 3.8) is 0 Å². The van der Waals surface area contributed by atoms with Crippen LogP contribution in [0, 0.1) is 19.8 Å². The summed E-state index contributed by atoms with van der Waals surface area (Å²) < 4.78 is 26.9. The van der Waals surface area contributed by atoms with Crippen molar-refractivity contribution >= 4 is 5.97 Å². The number of aromatic nitrogens is 1. The molecule has 8 heteroatoms. The van der Waals surface area contributed by atoms with Gasteiger partial charge in [-0.25, -0.2) is 4.79 Å². The first-order valence-electron chi connectivity index (χ1n) is 10.4. The molecule has 0 atom stereocenters. The molecule has 0 fully saturated rings. The molecule has 0 N–H and O–H groups in total. The summed E-state index contributed by atoms with van der Waals surface area (Å²) >= 11 is 0. The van der Waals surface area contributed by atoms with E-state index in [0.29, 0.717) is 36.2 Å². The second-order valence-corrected chi connectivity index (χ2v) is 7.80. The molecule has 0 saturated heterocycles. The highest BCUT2D eigenvalue weighted by Crippen LogP contribution is 2.18. The van der Waals surface area contributed by atoms with Gasteiger partial charge < -0.3 is 23.2 Å². The number of benzene rings is 1. The van der Waals surface area contributed by atoms with Crippen LogP contribution in [0.25, 0.3) is 0 Å². The average Bonchev–Trinajstić information content (AvgIpc) is 3.09. The zero-order valence-electron chi connectivity index (χ0n) is 18.7. The second kappa shape index (κ2) is 10.7. The Labute approximate surface area is 186 Å². The minimum Gasteiger partial charge on any atom is -0.489 e. The molecule has 0 radical (unpaired) electrons. The third-order valence-electron chi connectivity index (χ3n) is 4.80. The maximum atomic E-state index is 12.3. The van der Waals surface area contributed by atoms with Gasteiger partial charge in [0.05, 0.1) is 23.4 Å². The molecule has 0 amide bonds. The fourth-order valence-corrected chi connectivity index (χ4v) is 2.79. The van der Waals surface area contributed by atoms with Crippen LogP contribution < -0.4 is 14.9 Å². The monoisotopic (exact) mass is 441 g/mol. The topological polar surface area (TPSA) is 101 Å². The maximum absolute atomic E-state index is 12.3. The van der Waals surface area contributed by atoms with Crippen molar-refractivity contribution in [3.8, 4) is 11.5 Å². The van der Waals surface area contributed by atoms with Gasteiger partial charge in [-0.2, -0.15) is 0 Å². The molecule has 0 spiro atoms. The SMILES string of the molecule is Cc1noc(C)c1COc1ccc(C(=O)OCc2cc(=O)c(OCCC(C)C)co2)cc1. The molecule has 0 bridgehead atoms. The number of carbonyl (C=O) groups excluding carboxylic acids is 1. The van der Waals surface area contributed by atoms with Crippen molar-refractivity contribution in [3.05, 3.63) is 75.2 Å². The molecule has 8 nitrogen and oxygen atoms in total. The third kappa shape index (κ3) is 6.23. The van der Waals surface area contributed by atoms with E-state index in [1.807, 2.05) is 13.8 Å². The van der Waals surface area contributed by atoms with Gasteiger partial charge in [-0.1, -0.05) is 19.0 Å². The zero-order chi connectivity index (χ0) is 23.1. The Morgan fingerprint density at radius 1 is 1.09 bits per heavy atom. The number of aryl methyl sites for hydroxylation is 2. The number of rotatable bonds is 10. The molecule has 2 aromatic heterocycles. The van der Waals surface area contributed by atoms with Gasteiger partial charge in [-0.05, 0) is 50.5 Å². The molecular formula is C24H27NO7. The lowest BCUT2D eigenvalue weighted by molar-refractivity contribution is 0.0442. The minimum atomic E-state index is -0.540. The van der Waals surface area contributed by atoms with Gasteiger partial charge >= 0.3 is 5.97 Å². The number of hydrogen-bond donors (Lipinski definition) is 0. The van der Waals surface area contributed by atoms with Crippen LogP contribution in [0.4, 0.5) is 0 Å². The van der Waals surface area contributed by atoms with E-state index in [2.05, 4.69) is 19.0 Å². The van der Waals surface area contributed by atoms with E-state index in [9.17, 15) is 9.59 Å². The molecule has 32 heavy (non-hydrogen) atoms. The van der Waals surface area contributed by atoms with Crippen molar-refractivity contribution in [1.82, 2.24) is 5.16 Å². The lowest BCUT2D eigenvalue weighted by Gasteiger charge is -2.09. The summed E-state index contributed by atoms with van der Waals surface area (Å²) in [5.74, 6) is 1.63. The van der Waals surface area contributed by atoms with E-state index in [1.54, 1.807) is 24.3 Å². The molecule has 0 aliphatic carbocycles. The first-order chi connectivity index (χ1) is 15.3. The van der Waals surface area contributed by atoms with Crippen LogP contribution >= 0.6 is 0 Å². The zero-order valence-corrected chi connectivity index (χ0v) is 18.7. The number of nitrogens with zero attached hydrogens (tertiary/aromatic N) is 1. The fourth-order valence-electron chi connectivity index (χ4n) is 2.79. The van der Waals surface area contributed by atoms with Crippen molar-refractivity contribution in [2.45, 2.75) is 47.3 Å². The number of carbonyl (C=O) groups is 1. The lowest BCUT2D eigenvalue weighted by Crippen LogP contribution is -2.11. The highest BCUT2D eigenvalue weighted by atomic mass is 16.5. The summed E-state index contributed by atoms with van der Waals surface area (Å²) in [6, 6.07) is 7.83. The van der Waals surface area contributed by atoms with Gasteiger partial charge in [0.2, 0.25) is 11.2 Å². The quantitative estimate of drug-likeness (QED) is 0.421. The highest BCUT2D eigenvalue weighted by Gasteiger charge is 2.12. The van der Waals surface area contributed by atoms with E-state index in [1.165, 1.54) is 12.3 Å². The van der Waals surface area contributed by atoms with Crippen molar-refractivity contribution < 1.29 is 27.9 Å². The molecule has 0 saturated carbocycles. The molecule has 0 aliphatic rings. The normalized spacial score (nSPS) is 10.9. The minimum absolute atomic E-state index is 0.146. The Morgan fingerprint density at radius 3 is 2.47 bits per heavy atom. The van der Waals surface area contributed by atoms with Crippen molar-refractivity contribution in [2.24, 2.45) is 5.92 Å². The van der Waals surface area contributed by atoms with Crippen LogP contribution in [0.3, 0.4) is 0 Å². The second-order valence-electron chi connectivity index (χ2n) is 7.80. The van der Waals surface area contributed by atoms with Crippen LogP contribution in [0.5, 0.6) is 11.5 Å². The van der Waals surface area contributed by atoms with Gasteiger partial charge in [0.15, 0.2) is 0 Å². The fraction of sp³-hybridized carbons (Fsp3) is 0.375. The molecule has 1 aromatic carbocycles. The van der Waals surface area contributed by atoms with E-state index in [0.717, 1.165) is 17.7 Å². The van der Waals surface area contributed by atoms with Gasteiger partial charge in [-0.3, -0.25) is 4.79 Å². The summed E-state index contributed by atoms with van der Waals surface area (Å²) in [5, 5.41) is 3.89. The van der Waals surface area contributed by atoms with Crippen LogP contribution in [-0.2, 0) is 18.0 Å². The predicted molar refractivity (Wildman–Crippen MR) is 116 cm³/mol. The Bertz CT molecular complexity index is 1080. The summed E-state index contributed by atoms with van der Waals surface area (Å²) in [5.41, 5.74) is 1.72. The van der Waals surface area contributed by atoms with E-state index in [-0.39, 0.29) is 23.5 Å². The Morgan fingerprint density at radius 2 is 1.84 bits per heavy atom. The van der Waals surface area contributed by atoms with Gasteiger partial charge in [-0.15, -0.1) is 0 Å². The highest BCUT2D eigenvalue weighted by molar-refractivity contribution is 5.89. The molecule has 0 unspecified atom stereocenters. The van der Waals surface area contributed by atoms with Crippen LogP contribution in [-0.4, -0.2) is 17.7 Å². The first kappa shape index (κ1) is 23.1. The molecule has 2 heterocycles. The number of hydrogen-bond acceptors (Lipinski definition) is 8. The standard InChI is InChI=1S/C24H27NO7/c1-15(2)9-10-28-23-14-30-20(11-22(23)26)12-31-24(27)18-5-7-19(8-6-18)29-13-21-16(3)25-32-17(21)4/h5-8,11,14-15H,9-10,12-13H2,1-4H3. The average molecular weight is 441 g/mol. The molecule has 170 valence electrons. The van der Waals surface area contributed by atoms with E-state index >= 15 is 0 Å². The number of ether oxygens (including phenoxy) is 3. The van der Waals surface area contributed by atoms with Crippen LogP contribution in [0.2, 0.25) is 0 Å². The summed E-state index contributed by atoms with van der Waals surface area (Å²) in [6.45, 7) is 8.42. The van der Waals surface area contributed by atoms with Crippen LogP contribution in [0.1, 0.15) is 53.4 Å². The first-order valence-corrected chi connectivity index (χ1v) is 10.4. The van der Waals surface area contributed by atoms with Gasteiger partial charge in [0, 0.05) is 6.07 Å². The molecule has 3 rings (SSSR count). The lowest BCUT2D eigenvalue weighted by atomic mass is 10.1. The summed E-state index contributed by atoms with van der Waals surface area (Å²) in [6.07, 6.45) is 2.08. The van der Waals surface area contributed by atoms with Gasteiger partial charge in [0.25, 0.3) is 0 Å². The van der Waals surface area contributed by atoms with E-state index < -0.39 is 5.97 Å². The summed E-state index contributed by atoms with van der Waals surface area (Å²) in [7, 11) is 0. The molecule has 3 aromatic rings. The summed E-state index contributed by atoms with van der Waals surface area (Å²) in [4.78, 5) is 24.4. The predicted octanol–water partition coefficient (Wildman–Crippen LogP) is 4.61. The Balaban J connectivity index is 1.50. The van der Waals surface area contributed by atoms with E-state index in [4.69, 9.17) is 23.2 Å². The largest absolute Gasteiger partial charge is 0.489 e. The van der Waals surface area contributed by atoms with Crippen LogP contribution in [0.15, 0.2) is 50.3 Å². The molecular weight excluding hydrogens is 414 g/mol. The van der Waals surface area contributed by atoms with Gasteiger partial charge in [0.1, 0.15) is 36.7 Å². The van der Waals surface area contributed by atoms with Crippen molar-refractivity contribution in [2.75, 3.05) is 6.61 Å².